The second-order valence-electron chi connectivity index (χ2n) is 6.29. The molecule has 1 aliphatic rings. The van der Waals surface area contributed by atoms with E-state index in [9.17, 15) is 18.8 Å². The fraction of sp³-hybridized carbons (Fsp3) is 0.190. The molecular formula is C21H19FN2O4S. The molecule has 2 aromatic rings. The molecule has 1 fully saturated rings. The van der Waals surface area contributed by atoms with Crippen LogP contribution in [0.3, 0.4) is 0 Å². The molecule has 0 atom stereocenters. The van der Waals surface area contributed by atoms with Gasteiger partial charge in [-0.15, -0.1) is 0 Å². The van der Waals surface area contributed by atoms with Crippen LogP contribution in [0.1, 0.15) is 11.1 Å². The number of aryl methyl sites for hydroxylation is 1. The molecule has 0 radical (unpaired) electrons. The number of hydrogen-bond acceptors (Lipinski definition) is 5. The van der Waals surface area contributed by atoms with Crippen LogP contribution >= 0.6 is 11.8 Å². The molecule has 29 heavy (non-hydrogen) atoms. The number of carbonyl (C=O) groups is 3. The highest BCUT2D eigenvalue weighted by Crippen LogP contribution is 2.31. The highest BCUT2D eigenvalue weighted by Gasteiger charge is 2.34. The van der Waals surface area contributed by atoms with Gasteiger partial charge in [-0.25, -0.2) is 4.39 Å². The Morgan fingerprint density at radius 1 is 1.17 bits per heavy atom. The summed E-state index contributed by atoms with van der Waals surface area (Å²) < 4.78 is 18.4. The molecule has 3 rings (SSSR count). The number of amides is 3. The maximum Gasteiger partial charge on any atom is 0.293 e. The average molecular weight is 414 g/mol. The molecule has 3 amide bonds. The van der Waals surface area contributed by atoms with E-state index in [2.05, 4.69) is 5.32 Å². The maximum absolute atomic E-state index is 13.0. The number of halogens is 1. The molecule has 150 valence electrons. The first-order chi connectivity index (χ1) is 13.9. The van der Waals surface area contributed by atoms with E-state index in [-0.39, 0.29) is 36.3 Å². The lowest BCUT2D eigenvalue weighted by atomic mass is 10.2. The fourth-order valence-electron chi connectivity index (χ4n) is 2.62. The molecule has 8 heteroatoms. The van der Waals surface area contributed by atoms with E-state index in [1.807, 2.05) is 25.1 Å². The first-order valence-electron chi connectivity index (χ1n) is 8.90. The summed E-state index contributed by atoms with van der Waals surface area (Å²) in [6.07, 6.45) is 1.54. The molecule has 1 saturated heterocycles. The number of imide groups is 1. The third-order valence-corrected chi connectivity index (χ3v) is 5.06. The van der Waals surface area contributed by atoms with Crippen molar-refractivity contribution in [1.82, 2.24) is 10.2 Å². The summed E-state index contributed by atoms with van der Waals surface area (Å²) in [6, 6.07) is 13.0. The van der Waals surface area contributed by atoms with Crippen LogP contribution < -0.4 is 10.1 Å². The number of rotatable bonds is 7. The molecule has 0 saturated carbocycles. The van der Waals surface area contributed by atoms with Gasteiger partial charge in [0, 0.05) is 13.1 Å². The van der Waals surface area contributed by atoms with Crippen molar-refractivity contribution >= 4 is 34.9 Å². The van der Waals surface area contributed by atoms with Crippen molar-refractivity contribution in [2.75, 3.05) is 19.7 Å². The summed E-state index contributed by atoms with van der Waals surface area (Å²) in [5, 5.41) is 2.22. The van der Waals surface area contributed by atoms with Gasteiger partial charge in [0.15, 0.2) is 6.61 Å². The van der Waals surface area contributed by atoms with Gasteiger partial charge in [-0.1, -0.05) is 30.3 Å². The van der Waals surface area contributed by atoms with E-state index in [0.717, 1.165) is 22.2 Å². The lowest BCUT2D eigenvalue weighted by Gasteiger charge is -2.13. The SMILES string of the molecule is Cc1ccccc1OCC(=O)NCCN1C(=O)S/C(=C/c2ccc(F)cc2)C1=O. The van der Waals surface area contributed by atoms with Gasteiger partial charge in [0.25, 0.3) is 17.1 Å². The number of carbonyl (C=O) groups excluding carboxylic acids is 3. The standard InChI is InChI=1S/C21H19FN2O4S/c1-14-4-2-3-5-17(14)28-13-19(25)23-10-11-24-20(26)18(29-21(24)27)12-15-6-8-16(22)9-7-15/h2-9,12H,10-11,13H2,1H3,(H,23,25)/b18-12+. The normalized spacial score (nSPS) is 15.1. The van der Waals surface area contributed by atoms with Gasteiger partial charge in [-0.2, -0.15) is 0 Å². The molecule has 0 aliphatic carbocycles. The summed E-state index contributed by atoms with van der Waals surface area (Å²) in [6.45, 7) is 1.91. The summed E-state index contributed by atoms with van der Waals surface area (Å²) in [5.41, 5.74) is 1.55. The second-order valence-corrected chi connectivity index (χ2v) is 7.28. The molecule has 0 bridgehead atoms. The molecule has 2 aromatic carbocycles. The zero-order valence-corrected chi connectivity index (χ0v) is 16.5. The van der Waals surface area contributed by atoms with Gasteiger partial charge in [-0.05, 0) is 54.1 Å². The van der Waals surface area contributed by atoms with Crippen molar-refractivity contribution in [1.29, 1.82) is 0 Å². The van der Waals surface area contributed by atoms with Gasteiger partial charge in [0.2, 0.25) is 0 Å². The van der Waals surface area contributed by atoms with Crippen LogP contribution in [0.4, 0.5) is 9.18 Å². The molecule has 1 heterocycles. The highest BCUT2D eigenvalue weighted by atomic mass is 32.2. The minimum atomic E-state index is -0.435. The lowest BCUT2D eigenvalue weighted by molar-refractivity contribution is -0.125. The Kier molecular flexibility index (Phi) is 6.66. The molecule has 1 aliphatic heterocycles. The van der Waals surface area contributed by atoms with Crippen LogP contribution in [0.5, 0.6) is 5.75 Å². The number of nitrogens with one attached hydrogen (secondary N) is 1. The summed E-state index contributed by atoms with van der Waals surface area (Å²) >= 11 is 0.816. The minimum absolute atomic E-state index is 0.0571. The lowest BCUT2D eigenvalue weighted by Crippen LogP contribution is -2.38. The van der Waals surface area contributed by atoms with E-state index in [0.29, 0.717) is 11.3 Å². The third kappa shape index (κ3) is 5.45. The first-order valence-corrected chi connectivity index (χ1v) is 9.72. The summed E-state index contributed by atoms with van der Waals surface area (Å²) in [5.74, 6) is -0.534. The van der Waals surface area contributed by atoms with Crippen LogP contribution in [-0.4, -0.2) is 41.6 Å². The Bertz CT molecular complexity index is 959. The van der Waals surface area contributed by atoms with Gasteiger partial charge in [-0.3, -0.25) is 19.3 Å². The van der Waals surface area contributed by atoms with Gasteiger partial charge in [0.1, 0.15) is 11.6 Å². The number of para-hydroxylation sites is 1. The molecule has 0 unspecified atom stereocenters. The number of ether oxygens (including phenoxy) is 1. The van der Waals surface area contributed by atoms with E-state index in [1.54, 1.807) is 12.1 Å². The molecule has 6 nitrogen and oxygen atoms in total. The van der Waals surface area contributed by atoms with Crippen molar-refractivity contribution < 1.29 is 23.5 Å². The van der Waals surface area contributed by atoms with Crippen molar-refractivity contribution in [2.45, 2.75) is 6.92 Å². The van der Waals surface area contributed by atoms with Crippen LogP contribution in [0, 0.1) is 12.7 Å². The molecule has 0 spiro atoms. The summed E-state index contributed by atoms with van der Waals surface area (Å²) in [7, 11) is 0. The van der Waals surface area contributed by atoms with Gasteiger partial charge < -0.3 is 10.1 Å². The van der Waals surface area contributed by atoms with Crippen LogP contribution in [-0.2, 0) is 9.59 Å². The van der Waals surface area contributed by atoms with Crippen LogP contribution in [0.15, 0.2) is 53.4 Å². The zero-order chi connectivity index (χ0) is 20.8. The number of nitrogens with zero attached hydrogens (tertiary/aromatic N) is 1. The van der Waals surface area contributed by atoms with Crippen LogP contribution in [0.25, 0.3) is 6.08 Å². The maximum atomic E-state index is 13.0. The van der Waals surface area contributed by atoms with E-state index in [4.69, 9.17) is 4.74 Å². The Labute approximate surface area is 171 Å². The average Bonchev–Trinajstić information content (AvgIpc) is 2.96. The second kappa shape index (κ2) is 9.38. The van der Waals surface area contributed by atoms with Crippen molar-refractivity contribution in [2.24, 2.45) is 0 Å². The van der Waals surface area contributed by atoms with Gasteiger partial charge in [0.05, 0.1) is 4.91 Å². The fourth-order valence-corrected chi connectivity index (χ4v) is 3.49. The predicted octanol–water partition coefficient (Wildman–Crippen LogP) is 3.37. The predicted molar refractivity (Wildman–Crippen MR) is 109 cm³/mol. The van der Waals surface area contributed by atoms with E-state index < -0.39 is 11.1 Å². The Balaban J connectivity index is 1.48. The zero-order valence-electron chi connectivity index (χ0n) is 15.7. The first kappa shape index (κ1) is 20.6. The topological polar surface area (TPSA) is 75.7 Å². The third-order valence-electron chi connectivity index (χ3n) is 4.15. The summed E-state index contributed by atoms with van der Waals surface area (Å²) in [4.78, 5) is 37.8. The monoisotopic (exact) mass is 414 g/mol. The minimum Gasteiger partial charge on any atom is -0.484 e. The Morgan fingerprint density at radius 2 is 1.90 bits per heavy atom. The van der Waals surface area contributed by atoms with E-state index >= 15 is 0 Å². The quantitative estimate of drug-likeness (QED) is 0.703. The highest BCUT2D eigenvalue weighted by molar-refractivity contribution is 8.18. The largest absolute Gasteiger partial charge is 0.484 e. The Hall–Kier alpha value is -3.13. The van der Waals surface area contributed by atoms with Crippen molar-refractivity contribution in [3.8, 4) is 5.75 Å². The smallest absolute Gasteiger partial charge is 0.293 e. The Morgan fingerprint density at radius 3 is 2.62 bits per heavy atom. The molecule has 1 N–H and O–H groups in total. The van der Waals surface area contributed by atoms with Gasteiger partial charge >= 0.3 is 0 Å². The van der Waals surface area contributed by atoms with Crippen molar-refractivity contribution in [3.63, 3.8) is 0 Å². The molecule has 0 aromatic heterocycles. The van der Waals surface area contributed by atoms with E-state index in [1.165, 1.54) is 24.3 Å². The van der Waals surface area contributed by atoms with Crippen LogP contribution in [0.2, 0.25) is 0 Å². The number of hydrogen-bond donors (Lipinski definition) is 1. The van der Waals surface area contributed by atoms with Crippen molar-refractivity contribution in [3.05, 3.63) is 70.4 Å². The number of benzene rings is 2. The number of thioether (sulfide) groups is 1. The molecular weight excluding hydrogens is 395 g/mol.